The largest absolute Gasteiger partial charge is 0.506 e. The minimum absolute atomic E-state index is 0.0701. The molecule has 8 heteroatoms. The van der Waals surface area contributed by atoms with Gasteiger partial charge in [-0.2, -0.15) is 0 Å². The van der Waals surface area contributed by atoms with Crippen LogP contribution in [0.15, 0.2) is 111 Å². The Hall–Kier alpha value is -3.08. The molecule has 1 aliphatic rings. The number of nitrogens with zero attached hydrogens (tertiary/aromatic N) is 1. The second-order valence-corrected chi connectivity index (χ2v) is 11.6. The SMILES string of the molecule is CCOC(=O)C1=C(O)/C(=C/c2cc(Br)c(OCc3cccc4ccccc34)c(I)c2)SC1=Nc1ccccc1. The molecule has 0 aromatic heterocycles. The highest BCUT2D eigenvalue weighted by Crippen LogP contribution is 2.41. The normalized spacial score (nSPS) is 15.4. The smallest absolute Gasteiger partial charge is 0.344 e. The van der Waals surface area contributed by atoms with E-state index in [9.17, 15) is 9.90 Å². The number of esters is 1. The van der Waals surface area contributed by atoms with E-state index in [2.05, 4.69) is 67.8 Å². The molecule has 0 aliphatic carbocycles. The summed E-state index contributed by atoms with van der Waals surface area (Å²) < 4.78 is 13.1. The number of ether oxygens (including phenoxy) is 2. The molecule has 5 rings (SSSR count). The van der Waals surface area contributed by atoms with E-state index in [4.69, 9.17) is 9.47 Å². The number of para-hydroxylation sites is 1. The van der Waals surface area contributed by atoms with Crippen molar-refractivity contribution in [3.05, 3.63) is 120 Å². The predicted octanol–water partition coefficient (Wildman–Crippen LogP) is 8.98. The fraction of sp³-hybridized carbons (Fsp3) is 0.0968. The number of rotatable bonds is 7. The van der Waals surface area contributed by atoms with E-state index in [0.29, 0.717) is 22.2 Å². The van der Waals surface area contributed by atoms with Gasteiger partial charge in [-0.25, -0.2) is 9.79 Å². The minimum Gasteiger partial charge on any atom is -0.506 e. The topological polar surface area (TPSA) is 68.1 Å². The first kappa shape index (κ1) is 27.5. The molecule has 0 unspecified atom stereocenters. The Morgan fingerprint density at radius 2 is 1.79 bits per heavy atom. The Kier molecular flexibility index (Phi) is 8.74. The summed E-state index contributed by atoms with van der Waals surface area (Å²) in [5.74, 6) is -0.00728. The van der Waals surface area contributed by atoms with Gasteiger partial charge in [0.2, 0.25) is 0 Å². The number of thioether (sulfide) groups is 1. The molecule has 1 N–H and O–H groups in total. The van der Waals surface area contributed by atoms with Crippen molar-refractivity contribution in [1.82, 2.24) is 0 Å². The Balaban J connectivity index is 1.43. The summed E-state index contributed by atoms with van der Waals surface area (Å²) >= 11 is 7.14. The van der Waals surface area contributed by atoms with Crippen molar-refractivity contribution in [2.75, 3.05) is 6.61 Å². The molecule has 0 atom stereocenters. The van der Waals surface area contributed by atoms with Crippen LogP contribution < -0.4 is 4.74 Å². The van der Waals surface area contributed by atoms with E-state index < -0.39 is 5.97 Å². The number of benzene rings is 4. The van der Waals surface area contributed by atoms with Crippen LogP contribution in [-0.4, -0.2) is 22.7 Å². The molecule has 1 heterocycles. The average Bonchev–Trinajstić information content (AvgIpc) is 3.23. The predicted molar refractivity (Wildman–Crippen MR) is 171 cm³/mol. The zero-order valence-corrected chi connectivity index (χ0v) is 25.4. The molecular weight excluding hydrogens is 689 g/mol. The van der Waals surface area contributed by atoms with Gasteiger partial charge in [-0.1, -0.05) is 72.4 Å². The molecule has 39 heavy (non-hydrogen) atoms. The Bertz CT molecular complexity index is 1620. The molecule has 5 nitrogen and oxygen atoms in total. The standard InChI is InChI=1S/C31H23BrINO4S/c1-2-37-31(36)27-28(35)26(39-30(27)34-22-12-4-3-5-13-22)17-19-15-24(32)29(25(33)16-19)38-18-21-11-8-10-20-9-6-7-14-23(20)21/h3-17,35H,2,18H2,1H3/b26-17-,34-30?. The van der Waals surface area contributed by atoms with E-state index in [1.807, 2.05) is 66.7 Å². The first-order valence-corrected chi connectivity index (χ1v) is 14.9. The molecule has 1 aliphatic heterocycles. The molecule has 0 bridgehead atoms. The van der Waals surface area contributed by atoms with Gasteiger partial charge < -0.3 is 14.6 Å². The van der Waals surface area contributed by atoms with Crippen LogP contribution in [0.25, 0.3) is 16.8 Å². The maximum atomic E-state index is 12.7. The second kappa shape index (κ2) is 12.4. The molecular formula is C31H23BrINO4S. The van der Waals surface area contributed by atoms with E-state index in [-0.39, 0.29) is 17.9 Å². The molecule has 0 spiro atoms. The molecule has 0 saturated carbocycles. The first-order valence-electron chi connectivity index (χ1n) is 12.2. The summed E-state index contributed by atoms with van der Waals surface area (Å²) in [4.78, 5) is 17.8. The van der Waals surface area contributed by atoms with Crippen LogP contribution in [0, 0.1) is 3.57 Å². The van der Waals surface area contributed by atoms with Crippen molar-refractivity contribution in [3.63, 3.8) is 0 Å². The summed E-state index contributed by atoms with van der Waals surface area (Å²) in [7, 11) is 0. The van der Waals surface area contributed by atoms with E-state index >= 15 is 0 Å². The summed E-state index contributed by atoms with van der Waals surface area (Å²) in [5.41, 5.74) is 2.69. The maximum absolute atomic E-state index is 12.7. The molecule has 0 saturated heterocycles. The fourth-order valence-electron chi connectivity index (χ4n) is 4.13. The van der Waals surface area contributed by atoms with Gasteiger partial charge >= 0.3 is 5.97 Å². The molecule has 4 aromatic carbocycles. The monoisotopic (exact) mass is 711 g/mol. The lowest BCUT2D eigenvalue weighted by atomic mass is 10.1. The van der Waals surface area contributed by atoms with Crippen LogP contribution in [0.5, 0.6) is 5.75 Å². The third kappa shape index (κ3) is 6.23. The van der Waals surface area contributed by atoms with Gasteiger partial charge in [0.1, 0.15) is 28.7 Å². The zero-order valence-electron chi connectivity index (χ0n) is 20.9. The van der Waals surface area contributed by atoms with Crippen LogP contribution in [0.3, 0.4) is 0 Å². The number of hydrogen-bond acceptors (Lipinski definition) is 6. The highest BCUT2D eigenvalue weighted by atomic mass is 127. The summed E-state index contributed by atoms with van der Waals surface area (Å²) in [5, 5.41) is 13.8. The molecule has 196 valence electrons. The molecule has 0 fully saturated rings. The number of hydrogen-bond donors (Lipinski definition) is 1. The quantitative estimate of drug-likeness (QED) is 0.153. The van der Waals surface area contributed by atoms with Crippen molar-refractivity contribution >= 4 is 83.8 Å². The Morgan fingerprint density at radius 3 is 2.56 bits per heavy atom. The summed E-state index contributed by atoms with van der Waals surface area (Å²) in [6.45, 7) is 2.35. The van der Waals surface area contributed by atoms with Crippen LogP contribution >= 0.6 is 50.3 Å². The van der Waals surface area contributed by atoms with Crippen molar-refractivity contribution < 1.29 is 19.4 Å². The number of carbonyl (C=O) groups excluding carboxylic acids is 1. The average molecular weight is 712 g/mol. The van der Waals surface area contributed by atoms with Gasteiger partial charge in [-0.3, -0.25) is 0 Å². The molecule has 0 radical (unpaired) electrons. The number of aliphatic imine (C=N–C) groups is 1. The van der Waals surface area contributed by atoms with Crippen LogP contribution in [0.4, 0.5) is 5.69 Å². The third-order valence-corrected chi connectivity index (χ3v) is 8.34. The van der Waals surface area contributed by atoms with E-state index in [1.54, 1.807) is 6.92 Å². The highest BCUT2D eigenvalue weighted by Gasteiger charge is 2.33. The Labute approximate surface area is 252 Å². The lowest BCUT2D eigenvalue weighted by Gasteiger charge is -2.13. The van der Waals surface area contributed by atoms with Crippen molar-refractivity contribution in [2.24, 2.45) is 4.99 Å². The second-order valence-electron chi connectivity index (χ2n) is 8.55. The number of aliphatic hydroxyl groups excluding tert-OH is 1. The first-order chi connectivity index (χ1) is 18.9. The van der Waals surface area contributed by atoms with Gasteiger partial charge in [0, 0.05) is 0 Å². The molecule has 4 aromatic rings. The Morgan fingerprint density at radius 1 is 1.05 bits per heavy atom. The van der Waals surface area contributed by atoms with Crippen molar-refractivity contribution in [1.29, 1.82) is 0 Å². The van der Waals surface area contributed by atoms with Crippen LogP contribution in [0.1, 0.15) is 18.1 Å². The maximum Gasteiger partial charge on any atom is 0.344 e. The van der Waals surface area contributed by atoms with E-state index in [0.717, 1.165) is 24.9 Å². The van der Waals surface area contributed by atoms with Crippen LogP contribution in [-0.2, 0) is 16.1 Å². The number of aliphatic hydroxyl groups is 1. The molecule has 0 amide bonds. The summed E-state index contributed by atoms with van der Waals surface area (Å²) in [6, 6.07) is 27.7. The fourth-order valence-corrected chi connectivity index (χ4v) is 6.94. The number of fused-ring (bicyclic) bond motifs is 1. The zero-order chi connectivity index (χ0) is 27.4. The lowest BCUT2D eigenvalue weighted by Crippen LogP contribution is -2.12. The third-order valence-electron chi connectivity index (χ3n) is 5.93. The van der Waals surface area contributed by atoms with Gasteiger partial charge in [0.25, 0.3) is 0 Å². The van der Waals surface area contributed by atoms with Gasteiger partial charge in [0.05, 0.1) is 25.2 Å². The van der Waals surface area contributed by atoms with Crippen molar-refractivity contribution in [3.8, 4) is 5.75 Å². The number of carbonyl (C=O) groups is 1. The van der Waals surface area contributed by atoms with Crippen LogP contribution in [0.2, 0.25) is 0 Å². The van der Waals surface area contributed by atoms with Gasteiger partial charge in [0.15, 0.2) is 0 Å². The lowest BCUT2D eigenvalue weighted by molar-refractivity contribution is -0.138. The number of halogens is 2. The van der Waals surface area contributed by atoms with E-state index in [1.165, 1.54) is 22.5 Å². The van der Waals surface area contributed by atoms with Gasteiger partial charge in [-0.05, 0) is 97.7 Å². The highest BCUT2D eigenvalue weighted by molar-refractivity contribution is 14.1. The van der Waals surface area contributed by atoms with Crippen molar-refractivity contribution in [2.45, 2.75) is 13.5 Å². The summed E-state index contributed by atoms with van der Waals surface area (Å²) in [6.07, 6.45) is 1.83. The van der Waals surface area contributed by atoms with Gasteiger partial charge in [-0.15, -0.1) is 0 Å². The minimum atomic E-state index is -0.603.